The summed E-state index contributed by atoms with van der Waals surface area (Å²) in [6.07, 6.45) is 1.96. The Morgan fingerprint density at radius 3 is 2.58 bits per heavy atom. The highest BCUT2D eigenvalue weighted by molar-refractivity contribution is 5.94. The molecule has 1 fully saturated rings. The van der Waals surface area contributed by atoms with Gasteiger partial charge in [0.25, 0.3) is 5.91 Å². The SMILES string of the molecule is Cc1ccc(C(=O)N2CC[C@@H](c3cc4nc(C)c(CCC(=O)NC(C)C)c(C)n4n3)C2)cc1. The zero-order valence-electron chi connectivity index (χ0n) is 20.2. The van der Waals surface area contributed by atoms with Crippen molar-refractivity contribution in [3.8, 4) is 0 Å². The van der Waals surface area contributed by atoms with E-state index in [1.54, 1.807) is 0 Å². The number of hydrogen-bond donors (Lipinski definition) is 1. The minimum atomic E-state index is 0.0503. The quantitative estimate of drug-likeness (QED) is 0.624. The summed E-state index contributed by atoms with van der Waals surface area (Å²) in [6, 6.07) is 9.93. The predicted molar refractivity (Wildman–Crippen MR) is 129 cm³/mol. The molecule has 4 rings (SSSR count). The molecule has 0 unspecified atom stereocenters. The van der Waals surface area contributed by atoms with Crippen molar-refractivity contribution < 1.29 is 9.59 Å². The smallest absolute Gasteiger partial charge is 0.253 e. The molecular formula is C26H33N5O2. The average Bonchev–Trinajstić information content (AvgIpc) is 3.40. The van der Waals surface area contributed by atoms with Crippen LogP contribution in [-0.2, 0) is 11.2 Å². The molecule has 0 saturated carbocycles. The predicted octanol–water partition coefficient (Wildman–Crippen LogP) is 3.74. The van der Waals surface area contributed by atoms with Gasteiger partial charge in [-0.2, -0.15) is 5.10 Å². The first-order chi connectivity index (χ1) is 15.7. The molecule has 0 bridgehead atoms. The largest absolute Gasteiger partial charge is 0.354 e. The van der Waals surface area contributed by atoms with Gasteiger partial charge in [0.2, 0.25) is 5.91 Å². The molecule has 0 aliphatic carbocycles. The Morgan fingerprint density at radius 2 is 1.88 bits per heavy atom. The summed E-state index contributed by atoms with van der Waals surface area (Å²) in [7, 11) is 0. The summed E-state index contributed by atoms with van der Waals surface area (Å²) in [4.78, 5) is 31.7. The number of benzene rings is 1. The van der Waals surface area contributed by atoms with E-state index in [1.807, 2.05) is 74.4 Å². The minimum absolute atomic E-state index is 0.0503. The summed E-state index contributed by atoms with van der Waals surface area (Å²) in [5.74, 6) is 0.323. The molecule has 2 amide bonds. The normalized spacial score (nSPS) is 16.1. The molecule has 1 N–H and O–H groups in total. The van der Waals surface area contributed by atoms with Gasteiger partial charge in [0.15, 0.2) is 5.65 Å². The first kappa shape index (κ1) is 23.0. The molecule has 33 heavy (non-hydrogen) atoms. The molecule has 1 atom stereocenters. The highest BCUT2D eigenvalue weighted by Gasteiger charge is 2.30. The Bertz CT molecular complexity index is 1180. The summed E-state index contributed by atoms with van der Waals surface area (Å²) >= 11 is 0. The number of fused-ring (bicyclic) bond motifs is 1. The van der Waals surface area contributed by atoms with Gasteiger partial charge >= 0.3 is 0 Å². The average molecular weight is 448 g/mol. The van der Waals surface area contributed by atoms with Crippen LogP contribution in [0.15, 0.2) is 30.3 Å². The molecule has 1 aromatic carbocycles. The zero-order chi connectivity index (χ0) is 23.7. The second-order valence-electron chi connectivity index (χ2n) is 9.43. The Labute approximate surface area is 195 Å². The second kappa shape index (κ2) is 9.33. The summed E-state index contributed by atoms with van der Waals surface area (Å²) in [5.41, 5.74) is 6.69. The van der Waals surface area contributed by atoms with E-state index < -0.39 is 0 Å². The highest BCUT2D eigenvalue weighted by Crippen LogP contribution is 2.29. The fourth-order valence-electron chi connectivity index (χ4n) is 4.60. The van der Waals surface area contributed by atoms with Crippen molar-refractivity contribution in [1.82, 2.24) is 24.8 Å². The third-order valence-corrected chi connectivity index (χ3v) is 6.43. The first-order valence-electron chi connectivity index (χ1n) is 11.7. The van der Waals surface area contributed by atoms with Gasteiger partial charge in [0.05, 0.1) is 5.69 Å². The lowest BCUT2D eigenvalue weighted by Gasteiger charge is -2.16. The minimum Gasteiger partial charge on any atom is -0.354 e. The Kier molecular flexibility index (Phi) is 6.49. The number of nitrogens with one attached hydrogen (secondary N) is 1. The number of likely N-dealkylation sites (tertiary alicyclic amines) is 1. The van der Waals surface area contributed by atoms with Crippen molar-refractivity contribution in [2.45, 2.75) is 65.8 Å². The second-order valence-corrected chi connectivity index (χ2v) is 9.43. The third-order valence-electron chi connectivity index (χ3n) is 6.43. The lowest BCUT2D eigenvalue weighted by atomic mass is 10.1. The van der Waals surface area contributed by atoms with Crippen molar-refractivity contribution in [2.24, 2.45) is 0 Å². The van der Waals surface area contributed by atoms with Gasteiger partial charge in [-0.25, -0.2) is 9.50 Å². The molecule has 2 aromatic heterocycles. The standard InChI is InChI=1S/C26H33N5O2/c1-16(2)27-25(32)11-10-22-18(4)28-24-14-23(29-31(24)19(22)5)21-12-13-30(15-21)26(33)20-8-6-17(3)7-9-20/h6-9,14,16,21H,10-13,15H2,1-5H3,(H,27,32)/t21-/m1/s1. The van der Waals surface area contributed by atoms with Crippen molar-refractivity contribution in [1.29, 1.82) is 0 Å². The van der Waals surface area contributed by atoms with Crippen LogP contribution in [0.5, 0.6) is 0 Å². The number of rotatable bonds is 6. The van der Waals surface area contributed by atoms with Crippen molar-refractivity contribution in [3.63, 3.8) is 0 Å². The third kappa shape index (κ3) is 4.92. The lowest BCUT2D eigenvalue weighted by Crippen LogP contribution is -2.30. The molecule has 7 heteroatoms. The van der Waals surface area contributed by atoms with Crippen LogP contribution in [0.3, 0.4) is 0 Å². The van der Waals surface area contributed by atoms with Gasteiger partial charge in [-0.05, 0) is 65.2 Å². The number of carbonyl (C=O) groups excluding carboxylic acids is 2. The maximum atomic E-state index is 12.9. The molecule has 3 heterocycles. The molecular weight excluding hydrogens is 414 g/mol. The van der Waals surface area contributed by atoms with Gasteiger partial charge < -0.3 is 10.2 Å². The topological polar surface area (TPSA) is 79.6 Å². The number of carbonyl (C=O) groups is 2. The van der Waals surface area contributed by atoms with Gasteiger partial charge in [0.1, 0.15) is 0 Å². The summed E-state index contributed by atoms with van der Waals surface area (Å²) in [5, 5.41) is 7.81. The van der Waals surface area contributed by atoms with E-state index in [-0.39, 0.29) is 23.8 Å². The lowest BCUT2D eigenvalue weighted by molar-refractivity contribution is -0.121. The van der Waals surface area contributed by atoms with Crippen molar-refractivity contribution >= 4 is 17.5 Å². The number of amides is 2. The number of hydrogen-bond acceptors (Lipinski definition) is 4. The van der Waals surface area contributed by atoms with Crippen LogP contribution in [-0.4, -0.2) is 50.4 Å². The number of aromatic nitrogens is 3. The molecule has 0 radical (unpaired) electrons. The maximum Gasteiger partial charge on any atom is 0.253 e. The van der Waals surface area contributed by atoms with Crippen LogP contribution in [0.1, 0.15) is 71.2 Å². The summed E-state index contributed by atoms with van der Waals surface area (Å²) < 4.78 is 1.89. The fraction of sp³-hybridized carbons (Fsp3) is 0.462. The van der Waals surface area contributed by atoms with E-state index in [2.05, 4.69) is 5.32 Å². The van der Waals surface area contributed by atoms with Crippen molar-refractivity contribution in [3.05, 3.63) is 64.1 Å². The first-order valence-corrected chi connectivity index (χ1v) is 11.7. The Morgan fingerprint density at radius 1 is 1.15 bits per heavy atom. The van der Waals surface area contributed by atoms with Crippen LogP contribution < -0.4 is 5.32 Å². The molecule has 174 valence electrons. The van der Waals surface area contributed by atoms with E-state index in [4.69, 9.17) is 10.1 Å². The molecule has 0 spiro atoms. The highest BCUT2D eigenvalue weighted by atomic mass is 16.2. The number of nitrogens with zero attached hydrogens (tertiary/aromatic N) is 4. The molecule has 3 aromatic rings. The van der Waals surface area contributed by atoms with Crippen LogP contribution in [0, 0.1) is 20.8 Å². The van der Waals surface area contributed by atoms with Gasteiger partial charge in [0, 0.05) is 54.5 Å². The van der Waals surface area contributed by atoms with Gasteiger partial charge in [-0.1, -0.05) is 17.7 Å². The van der Waals surface area contributed by atoms with Crippen LogP contribution in [0.4, 0.5) is 0 Å². The van der Waals surface area contributed by atoms with E-state index in [0.29, 0.717) is 19.4 Å². The van der Waals surface area contributed by atoms with E-state index in [0.717, 1.165) is 52.4 Å². The van der Waals surface area contributed by atoms with E-state index >= 15 is 0 Å². The molecule has 1 aliphatic heterocycles. The van der Waals surface area contributed by atoms with Crippen LogP contribution >= 0.6 is 0 Å². The molecule has 1 aliphatic rings. The zero-order valence-corrected chi connectivity index (χ0v) is 20.2. The number of aryl methyl sites for hydroxylation is 3. The molecule has 1 saturated heterocycles. The maximum absolute atomic E-state index is 12.9. The Balaban J connectivity index is 1.50. The van der Waals surface area contributed by atoms with Gasteiger partial charge in [-0.3, -0.25) is 9.59 Å². The van der Waals surface area contributed by atoms with Crippen molar-refractivity contribution in [2.75, 3.05) is 13.1 Å². The fourth-order valence-corrected chi connectivity index (χ4v) is 4.60. The van der Waals surface area contributed by atoms with Crippen LogP contribution in [0.2, 0.25) is 0 Å². The monoisotopic (exact) mass is 447 g/mol. The molecule has 7 nitrogen and oxygen atoms in total. The van der Waals surface area contributed by atoms with Gasteiger partial charge in [-0.15, -0.1) is 0 Å². The summed E-state index contributed by atoms with van der Waals surface area (Å²) in [6.45, 7) is 11.4. The Hall–Kier alpha value is -3.22. The van der Waals surface area contributed by atoms with E-state index in [1.165, 1.54) is 0 Å². The van der Waals surface area contributed by atoms with Crippen LogP contribution in [0.25, 0.3) is 5.65 Å². The van der Waals surface area contributed by atoms with E-state index in [9.17, 15) is 9.59 Å².